The quantitative estimate of drug-likeness (QED) is 0.834. The van der Waals surface area contributed by atoms with Crippen LogP contribution in [0.15, 0.2) is 12.3 Å². The van der Waals surface area contributed by atoms with Crippen molar-refractivity contribution in [2.75, 3.05) is 13.2 Å². The molecule has 1 fully saturated rings. The Bertz CT molecular complexity index is 408. The summed E-state index contributed by atoms with van der Waals surface area (Å²) in [5.41, 5.74) is 1.11. The molecule has 0 saturated carbocycles. The highest BCUT2D eigenvalue weighted by Gasteiger charge is 2.38. The van der Waals surface area contributed by atoms with Gasteiger partial charge in [-0.1, -0.05) is 6.92 Å². The number of ether oxygens (including phenoxy) is 1. The molecule has 0 bridgehead atoms. The lowest BCUT2D eigenvalue weighted by Gasteiger charge is -2.34. The Balaban J connectivity index is 2.06. The molecule has 4 nitrogen and oxygen atoms in total. The van der Waals surface area contributed by atoms with Gasteiger partial charge < -0.3 is 10.1 Å². The van der Waals surface area contributed by atoms with E-state index in [1.54, 1.807) is 0 Å². The van der Waals surface area contributed by atoms with E-state index in [2.05, 4.69) is 50.4 Å². The number of nitrogens with zero attached hydrogens (tertiary/aromatic N) is 2. The van der Waals surface area contributed by atoms with Crippen LogP contribution in [-0.2, 0) is 11.2 Å². The predicted molar refractivity (Wildman–Crippen MR) is 82.0 cm³/mol. The molecule has 0 radical (unpaired) electrons. The van der Waals surface area contributed by atoms with Crippen molar-refractivity contribution in [3.63, 3.8) is 0 Å². The van der Waals surface area contributed by atoms with Crippen molar-refractivity contribution >= 4 is 0 Å². The Hall–Kier alpha value is -0.870. The number of aromatic nitrogens is 2. The molecular weight excluding hydrogens is 250 g/mol. The molecule has 0 aliphatic carbocycles. The Morgan fingerprint density at radius 2 is 2.30 bits per heavy atom. The van der Waals surface area contributed by atoms with Crippen molar-refractivity contribution in [3.05, 3.63) is 18.0 Å². The maximum atomic E-state index is 6.03. The Labute approximate surface area is 122 Å². The summed E-state index contributed by atoms with van der Waals surface area (Å²) in [6, 6.07) is 2.91. The Morgan fingerprint density at radius 1 is 1.50 bits per heavy atom. The highest BCUT2D eigenvalue weighted by atomic mass is 16.5. The normalized spacial score (nSPS) is 24.4. The van der Waals surface area contributed by atoms with E-state index in [1.165, 1.54) is 6.42 Å². The van der Waals surface area contributed by atoms with Crippen LogP contribution in [-0.4, -0.2) is 34.6 Å². The second-order valence-corrected chi connectivity index (χ2v) is 6.36. The van der Waals surface area contributed by atoms with Crippen LogP contribution < -0.4 is 5.32 Å². The smallest absolute Gasteiger partial charge is 0.0811 e. The van der Waals surface area contributed by atoms with Gasteiger partial charge in [-0.2, -0.15) is 5.10 Å². The molecule has 1 N–H and O–H groups in total. The first-order chi connectivity index (χ1) is 9.55. The van der Waals surface area contributed by atoms with Gasteiger partial charge in [0.25, 0.3) is 0 Å². The highest BCUT2D eigenvalue weighted by Crippen LogP contribution is 2.30. The molecule has 1 aliphatic rings. The number of nitrogens with one attached hydrogen (secondary N) is 1. The van der Waals surface area contributed by atoms with E-state index in [4.69, 9.17) is 4.74 Å². The van der Waals surface area contributed by atoms with Crippen molar-refractivity contribution in [2.24, 2.45) is 0 Å². The summed E-state index contributed by atoms with van der Waals surface area (Å²) in [7, 11) is 0. The lowest BCUT2D eigenvalue weighted by Crippen LogP contribution is -2.50. The number of hydrogen-bond donors (Lipinski definition) is 1. The lowest BCUT2D eigenvalue weighted by atomic mass is 9.89. The Kier molecular flexibility index (Phi) is 5.22. The van der Waals surface area contributed by atoms with Gasteiger partial charge in [0.05, 0.1) is 11.3 Å². The average molecular weight is 279 g/mol. The topological polar surface area (TPSA) is 39.1 Å². The first-order valence-corrected chi connectivity index (χ1v) is 7.96. The van der Waals surface area contributed by atoms with Crippen LogP contribution in [0, 0.1) is 0 Å². The van der Waals surface area contributed by atoms with E-state index >= 15 is 0 Å². The molecule has 2 atom stereocenters. The minimum atomic E-state index is -0.0449. The van der Waals surface area contributed by atoms with Gasteiger partial charge in [0, 0.05) is 31.3 Å². The molecule has 1 saturated heterocycles. The molecule has 2 unspecified atom stereocenters. The van der Waals surface area contributed by atoms with Gasteiger partial charge >= 0.3 is 0 Å². The summed E-state index contributed by atoms with van der Waals surface area (Å²) in [5.74, 6) is 0. The van der Waals surface area contributed by atoms with Crippen molar-refractivity contribution < 1.29 is 4.74 Å². The third kappa shape index (κ3) is 3.61. The minimum absolute atomic E-state index is 0.0449. The highest BCUT2D eigenvalue weighted by molar-refractivity contribution is 5.06. The third-order valence-electron chi connectivity index (χ3n) is 4.23. The zero-order valence-electron chi connectivity index (χ0n) is 13.4. The van der Waals surface area contributed by atoms with E-state index < -0.39 is 0 Å². The monoisotopic (exact) mass is 279 g/mol. The van der Waals surface area contributed by atoms with Crippen LogP contribution in [0.2, 0.25) is 0 Å². The molecule has 114 valence electrons. The minimum Gasteiger partial charge on any atom is -0.374 e. The SMILES string of the molecule is CCCNC(Cc1ccn(C(C)C)n1)C1(C)CCCO1. The molecule has 1 aromatic heterocycles. The van der Waals surface area contributed by atoms with E-state index in [1.807, 2.05) is 4.68 Å². The molecule has 0 spiro atoms. The van der Waals surface area contributed by atoms with Crippen LogP contribution in [0.1, 0.15) is 58.7 Å². The van der Waals surface area contributed by atoms with Crippen LogP contribution in [0.5, 0.6) is 0 Å². The zero-order valence-corrected chi connectivity index (χ0v) is 13.4. The number of hydrogen-bond acceptors (Lipinski definition) is 3. The summed E-state index contributed by atoms with van der Waals surface area (Å²) in [6.07, 6.45) is 6.47. The summed E-state index contributed by atoms with van der Waals surface area (Å²) < 4.78 is 8.06. The standard InChI is InChI=1S/C16H29N3O/c1-5-9-17-15(16(4)8-6-11-20-16)12-14-7-10-19(18-14)13(2)3/h7,10,13,15,17H,5-6,8-9,11-12H2,1-4H3. The maximum absolute atomic E-state index is 6.03. The van der Waals surface area contributed by atoms with E-state index in [0.717, 1.165) is 38.1 Å². The molecule has 1 aromatic rings. The van der Waals surface area contributed by atoms with Crippen LogP contribution in [0.25, 0.3) is 0 Å². The van der Waals surface area contributed by atoms with E-state index in [9.17, 15) is 0 Å². The molecule has 0 amide bonds. The van der Waals surface area contributed by atoms with E-state index in [-0.39, 0.29) is 5.60 Å². The molecule has 0 aromatic carbocycles. The molecule has 1 aliphatic heterocycles. The zero-order chi connectivity index (χ0) is 14.6. The fraction of sp³-hybridized carbons (Fsp3) is 0.812. The first kappa shape index (κ1) is 15.5. The van der Waals surface area contributed by atoms with Gasteiger partial charge in [0.15, 0.2) is 0 Å². The van der Waals surface area contributed by atoms with Crippen molar-refractivity contribution in [3.8, 4) is 0 Å². The summed E-state index contributed by atoms with van der Waals surface area (Å²) in [5, 5.41) is 8.35. The molecular formula is C16H29N3O. The van der Waals surface area contributed by atoms with Crippen molar-refractivity contribution in [1.82, 2.24) is 15.1 Å². The van der Waals surface area contributed by atoms with Gasteiger partial charge in [-0.25, -0.2) is 0 Å². The second kappa shape index (κ2) is 6.72. The lowest BCUT2D eigenvalue weighted by molar-refractivity contribution is -0.0117. The van der Waals surface area contributed by atoms with Crippen LogP contribution in [0.3, 0.4) is 0 Å². The maximum Gasteiger partial charge on any atom is 0.0811 e. The van der Waals surface area contributed by atoms with E-state index in [0.29, 0.717) is 12.1 Å². The van der Waals surface area contributed by atoms with Crippen LogP contribution in [0.4, 0.5) is 0 Å². The summed E-state index contributed by atoms with van der Waals surface area (Å²) in [4.78, 5) is 0. The summed E-state index contributed by atoms with van der Waals surface area (Å²) in [6.45, 7) is 10.7. The first-order valence-electron chi connectivity index (χ1n) is 7.96. The molecule has 2 rings (SSSR count). The van der Waals surface area contributed by atoms with Gasteiger partial charge in [0.1, 0.15) is 0 Å². The van der Waals surface area contributed by atoms with Gasteiger partial charge in [-0.3, -0.25) is 4.68 Å². The molecule has 4 heteroatoms. The molecule has 2 heterocycles. The predicted octanol–water partition coefficient (Wildman–Crippen LogP) is 2.94. The largest absolute Gasteiger partial charge is 0.374 e. The average Bonchev–Trinajstić information content (AvgIpc) is 3.04. The van der Waals surface area contributed by atoms with Crippen LogP contribution >= 0.6 is 0 Å². The third-order valence-corrected chi connectivity index (χ3v) is 4.23. The molecule has 20 heavy (non-hydrogen) atoms. The van der Waals surface area contributed by atoms with Gasteiger partial charge in [-0.05, 0) is 52.6 Å². The van der Waals surface area contributed by atoms with Gasteiger partial charge in [-0.15, -0.1) is 0 Å². The van der Waals surface area contributed by atoms with Crippen molar-refractivity contribution in [1.29, 1.82) is 0 Å². The summed E-state index contributed by atoms with van der Waals surface area (Å²) >= 11 is 0. The fourth-order valence-corrected chi connectivity index (χ4v) is 2.88. The number of rotatable bonds is 7. The second-order valence-electron chi connectivity index (χ2n) is 6.36. The fourth-order valence-electron chi connectivity index (χ4n) is 2.88. The van der Waals surface area contributed by atoms with Crippen molar-refractivity contribution in [2.45, 2.75) is 71.1 Å². The Morgan fingerprint density at radius 3 is 2.85 bits per heavy atom. The van der Waals surface area contributed by atoms with Gasteiger partial charge in [0.2, 0.25) is 0 Å².